The highest BCUT2D eigenvalue weighted by atomic mass is 16.5. The minimum atomic E-state index is -0.467. The summed E-state index contributed by atoms with van der Waals surface area (Å²) in [4.78, 5) is 12.8. The van der Waals surface area contributed by atoms with Gasteiger partial charge in [-0.25, -0.2) is 9.97 Å². The van der Waals surface area contributed by atoms with E-state index in [1.807, 2.05) is 6.92 Å². The van der Waals surface area contributed by atoms with Crippen LogP contribution in [0.15, 0.2) is 16.8 Å². The van der Waals surface area contributed by atoms with Gasteiger partial charge in [-0.3, -0.25) is 0 Å². The number of aryl methyl sites for hydroxylation is 1. The molecule has 2 heterocycles. The Morgan fingerprint density at radius 3 is 2.74 bits per heavy atom. The first-order valence-electron chi connectivity index (χ1n) is 6.60. The summed E-state index contributed by atoms with van der Waals surface area (Å²) < 4.78 is 5.35. The molecule has 1 aliphatic rings. The van der Waals surface area contributed by atoms with E-state index in [9.17, 15) is 0 Å². The van der Waals surface area contributed by atoms with Crippen LogP contribution < -0.4 is 5.73 Å². The highest BCUT2D eigenvalue weighted by Crippen LogP contribution is 2.34. The van der Waals surface area contributed by atoms with Gasteiger partial charge in [0.15, 0.2) is 0 Å². The van der Waals surface area contributed by atoms with Crippen molar-refractivity contribution in [3.05, 3.63) is 24.0 Å². The first-order valence-corrected chi connectivity index (χ1v) is 6.60. The van der Waals surface area contributed by atoms with Crippen molar-refractivity contribution in [1.29, 1.82) is 0 Å². The second-order valence-electron chi connectivity index (χ2n) is 5.13. The minimum Gasteiger partial charge on any atom is -0.337 e. The van der Waals surface area contributed by atoms with Gasteiger partial charge in [-0.05, 0) is 25.8 Å². The predicted octanol–water partition coefficient (Wildman–Crippen LogP) is 1.95. The van der Waals surface area contributed by atoms with Crippen molar-refractivity contribution in [3.63, 3.8) is 0 Å². The van der Waals surface area contributed by atoms with Crippen LogP contribution in [0.5, 0.6) is 0 Å². The lowest BCUT2D eigenvalue weighted by Crippen LogP contribution is -2.38. The molecule has 0 aromatic carbocycles. The Bertz CT molecular complexity index is 574. The van der Waals surface area contributed by atoms with E-state index >= 15 is 0 Å². The number of nitrogens with two attached hydrogens (primary N) is 1. The van der Waals surface area contributed by atoms with Gasteiger partial charge in [-0.15, -0.1) is 0 Å². The molecule has 2 aromatic heterocycles. The summed E-state index contributed by atoms with van der Waals surface area (Å²) in [6.07, 6.45) is 6.94. The molecule has 2 N–H and O–H groups in total. The lowest BCUT2D eigenvalue weighted by molar-refractivity contribution is 0.220. The Labute approximate surface area is 111 Å². The second-order valence-corrected chi connectivity index (χ2v) is 5.13. The van der Waals surface area contributed by atoms with E-state index in [4.69, 9.17) is 10.3 Å². The van der Waals surface area contributed by atoms with Crippen molar-refractivity contribution in [2.24, 2.45) is 5.73 Å². The van der Waals surface area contributed by atoms with Crippen LogP contribution in [0, 0.1) is 6.92 Å². The Morgan fingerprint density at radius 1 is 1.21 bits per heavy atom. The molecular formula is C13H17N5O. The van der Waals surface area contributed by atoms with Gasteiger partial charge in [0.25, 0.3) is 0 Å². The van der Waals surface area contributed by atoms with Crippen molar-refractivity contribution in [1.82, 2.24) is 20.1 Å². The monoisotopic (exact) mass is 259 g/mol. The molecule has 0 radical (unpaired) electrons. The van der Waals surface area contributed by atoms with Crippen LogP contribution >= 0.6 is 0 Å². The van der Waals surface area contributed by atoms with Crippen LogP contribution in [-0.4, -0.2) is 20.1 Å². The van der Waals surface area contributed by atoms with Gasteiger partial charge in [-0.1, -0.05) is 24.4 Å². The lowest BCUT2D eigenvalue weighted by atomic mass is 9.82. The number of hydrogen-bond donors (Lipinski definition) is 1. The normalized spacial score (nSPS) is 18.4. The Morgan fingerprint density at radius 2 is 2.00 bits per heavy atom. The standard InChI is InChI=1S/C13H17N5O/c1-9-15-8-5-10(16-9)11-17-12(19-18-11)13(14)6-3-2-4-7-13/h5,8H,2-4,6-7,14H2,1H3. The molecule has 1 saturated carbocycles. The van der Waals surface area contributed by atoms with Gasteiger partial charge in [0.2, 0.25) is 11.7 Å². The third kappa shape index (κ3) is 2.35. The van der Waals surface area contributed by atoms with Gasteiger partial charge in [0.05, 0.1) is 5.54 Å². The van der Waals surface area contributed by atoms with Gasteiger partial charge < -0.3 is 10.3 Å². The summed E-state index contributed by atoms with van der Waals surface area (Å²) in [5.74, 6) is 1.69. The van der Waals surface area contributed by atoms with Crippen LogP contribution in [0.3, 0.4) is 0 Å². The summed E-state index contributed by atoms with van der Waals surface area (Å²) >= 11 is 0. The largest absolute Gasteiger partial charge is 0.337 e. The maximum atomic E-state index is 6.37. The third-order valence-corrected chi connectivity index (χ3v) is 3.60. The summed E-state index contributed by atoms with van der Waals surface area (Å²) in [7, 11) is 0. The van der Waals surface area contributed by atoms with Crippen LogP contribution in [-0.2, 0) is 5.54 Å². The van der Waals surface area contributed by atoms with Crippen LogP contribution in [0.4, 0.5) is 0 Å². The summed E-state index contributed by atoms with van der Waals surface area (Å²) in [5, 5.41) is 3.99. The Balaban J connectivity index is 1.91. The summed E-state index contributed by atoms with van der Waals surface area (Å²) in [6.45, 7) is 1.83. The molecule has 0 amide bonds. The van der Waals surface area contributed by atoms with Crippen molar-refractivity contribution in [2.75, 3.05) is 0 Å². The van der Waals surface area contributed by atoms with Crippen molar-refractivity contribution < 1.29 is 4.52 Å². The van der Waals surface area contributed by atoms with Crippen LogP contribution in [0.1, 0.15) is 43.8 Å². The van der Waals surface area contributed by atoms with Crippen LogP contribution in [0.2, 0.25) is 0 Å². The number of aromatic nitrogens is 4. The van der Waals surface area contributed by atoms with E-state index in [0.717, 1.165) is 25.7 Å². The van der Waals surface area contributed by atoms with Gasteiger partial charge >= 0.3 is 0 Å². The lowest BCUT2D eigenvalue weighted by Gasteiger charge is -2.29. The number of rotatable bonds is 2. The molecule has 3 rings (SSSR count). The van der Waals surface area contributed by atoms with E-state index in [1.165, 1.54) is 6.42 Å². The summed E-state index contributed by atoms with van der Waals surface area (Å²) in [6, 6.07) is 1.77. The maximum absolute atomic E-state index is 6.37. The average Bonchev–Trinajstić information content (AvgIpc) is 2.90. The van der Waals surface area contributed by atoms with Crippen molar-refractivity contribution >= 4 is 0 Å². The molecule has 0 atom stereocenters. The smallest absolute Gasteiger partial charge is 0.247 e. The Hall–Kier alpha value is -1.82. The third-order valence-electron chi connectivity index (χ3n) is 3.60. The highest BCUT2D eigenvalue weighted by molar-refractivity contribution is 5.47. The minimum absolute atomic E-state index is 0.467. The van der Waals surface area contributed by atoms with Crippen LogP contribution in [0.25, 0.3) is 11.5 Å². The Kier molecular flexibility index (Phi) is 3.02. The molecule has 1 fully saturated rings. The molecule has 0 bridgehead atoms. The fourth-order valence-corrected chi connectivity index (χ4v) is 2.51. The SMILES string of the molecule is Cc1nccc(-c2noc(C3(N)CCCCC3)n2)n1. The molecule has 6 heteroatoms. The second kappa shape index (κ2) is 4.70. The number of hydrogen-bond acceptors (Lipinski definition) is 6. The van der Waals surface area contributed by atoms with Gasteiger partial charge in [0.1, 0.15) is 11.5 Å². The zero-order valence-corrected chi connectivity index (χ0v) is 11.0. The fraction of sp³-hybridized carbons (Fsp3) is 0.538. The molecule has 0 spiro atoms. The topological polar surface area (TPSA) is 90.7 Å². The van der Waals surface area contributed by atoms with Crippen molar-refractivity contribution in [2.45, 2.75) is 44.6 Å². The van der Waals surface area contributed by atoms with E-state index < -0.39 is 5.54 Å². The first-order chi connectivity index (χ1) is 9.17. The van der Waals surface area contributed by atoms with Gasteiger partial charge in [-0.2, -0.15) is 4.98 Å². The molecule has 0 aliphatic heterocycles. The molecule has 100 valence electrons. The molecule has 1 aliphatic carbocycles. The van der Waals surface area contributed by atoms with Crippen molar-refractivity contribution in [3.8, 4) is 11.5 Å². The quantitative estimate of drug-likeness (QED) is 0.886. The average molecular weight is 259 g/mol. The molecule has 0 saturated heterocycles. The van der Waals surface area contributed by atoms with E-state index in [2.05, 4.69) is 20.1 Å². The highest BCUT2D eigenvalue weighted by Gasteiger charge is 2.35. The molecule has 2 aromatic rings. The molecular weight excluding hydrogens is 242 g/mol. The molecule has 6 nitrogen and oxygen atoms in total. The predicted molar refractivity (Wildman–Crippen MR) is 69.0 cm³/mol. The zero-order chi connectivity index (χ0) is 13.3. The van der Waals surface area contributed by atoms with E-state index in [1.54, 1.807) is 12.3 Å². The molecule has 0 unspecified atom stereocenters. The van der Waals surface area contributed by atoms with E-state index in [0.29, 0.717) is 23.2 Å². The zero-order valence-electron chi connectivity index (χ0n) is 11.0. The van der Waals surface area contributed by atoms with Gasteiger partial charge in [0, 0.05) is 6.20 Å². The summed E-state index contributed by atoms with van der Waals surface area (Å²) in [5.41, 5.74) is 6.57. The molecule has 19 heavy (non-hydrogen) atoms. The maximum Gasteiger partial charge on any atom is 0.247 e. The number of nitrogens with zero attached hydrogens (tertiary/aromatic N) is 4. The van der Waals surface area contributed by atoms with E-state index in [-0.39, 0.29) is 0 Å². The first kappa shape index (κ1) is 12.2. The fourth-order valence-electron chi connectivity index (χ4n) is 2.51.